The normalized spacial score (nSPS) is 18.2. The molecule has 0 saturated carbocycles. The molecule has 5 nitrogen and oxygen atoms in total. The van der Waals surface area contributed by atoms with Gasteiger partial charge in [0.1, 0.15) is 5.75 Å². The summed E-state index contributed by atoms with van der Waals surface area (Å²) in [6, 6.07) is 15.0. The third kappa shape index (κ3) is 5.17. The second-order valence-corrected chi connectivity index (χ2v) is 7.98. The predicted octanol–water partition coefficient (Wildman–Crippen LogP) is 3.88. The third-order valence-corrected chi connectivity index (χ3v) is 5.42. The Kier molecular flexibility index (Phi) is 7.18. The number of piperazine rings is 1. The zero-order valence-electron chi connectivity index (χ0n) is 17.2. The highest BCUT2D eigenvalue weighted by Crippen LogP contribution is 2.31. The van der Waals surface area contributed by atoms with Crippen molar-refractivity contribution in [3.05, 3.63) is 58.6 Å². The zero-order valence-corrected chi connectivity index (χ0v) is 17.9. The van der Waals surface area contributed by atoms with E-state index >= 15 is 0 Å². The predicted molar refractivity (Wildman–Crippen MR) is 115 cm³/mol. The van der Waals surface area contributed by atoms with Crippen molar-refractivity contribution in [2.45, 2.75) is 12.6 Å². The SMILES string of the molecule is COCOc1ccc(CN2CCN(C)CC2c2ccc(Cl)cc2)cc1N(C)C. The molecule has 0 amide bonds. The van der Waals surface area contributed by atoms with E-state index in [0.717, 1.165) is 42.6 Å². The third-order valence-electron chi connectivity index (χ3n) is 5.17. The molecule has 1 atom stereocenters. The molecule has 0 spiro atoms. The average molecular weight is 404 g/mol. The lowest BCUT2D eigenvalue weighted by molar-refractivity contribution is 0.0514. The largest absolute Gasteiger partial charge is 0.465 e. The van der Waals surface area contributed by atoms with Gasteiger partial charge in [-0.25, -0.2) is 0 Å². The fraction of sp³-hybridized carbons (Fsp3) is 0.455. The average Bonchev–Trinajstić information content (AvgIpc) is 2.69. The highest BCUT2D eigenvalue weighted by Gasteiger charge is 2.27. The maximum absolute atomic E-state index is 6.09. The van der Waals surface area contributed by atoms with Crippen LogP contribution in [0, 0.1) is 0 Å². The Morgan fingerprint density at radius 2 is 1.86 bits per heavy atom. The van der Waals surface area contributed by atoms with E-state index in [2.05, 4.69) is 46.0 Å². The Labute approximate surface area is 173 Å². The summed E-state index contributed by atoms with van der Waals surface area (Å²) in [5, 5.41) is 0.779. The molecule has 2 aromatic rings. The summed E-state index contributed by atoms with van der Waals surface area (Å²) in [4.78, 5) is 7.02. The number of ether oxygens (including phenoxy) is 2. The highest BCUT2D eigenvalue weighted by atomic mass is 35.5. The van der Waals surface area contributed by atoms with Gasteiger partial charge < -0.3 is 19.3 Å². The molecule has 28 heavy (non-hydrogen) atoms. The second-order valence-electron chi connectivity index (χ2n) is 7.55. The maximum atomic E-state index is 6.09. The molecule has 1 aliphatic rings. The Morgan fingerprint density at radius 3 is 2.54 bits per heavy atom. The number of methoxy groups -OCH3 is 1. The van der Waals surface area contributed by atoms with E-state index in [0.29, 0.717) is 6.04 Å². The van der Waals surface area contributed by atoms with Gasteiger partial charge in [0.25, 0.3) is 0 Å². The summed E-state index contributed by atoms with van der Waals surface area (Å²) in [6.45, 7) is 4.25. The lowest BCUT2D eigenvalue weighted by atomic mass is 10.0. The summed E-state index contributed by atoms with van der Waals surface area (Å²) in [5.41, 5.74) is 3.65. The molecule has 0 aromatic heterocycles. The molecule has 1 saturated heterocycles. The van der Waals surface area contributed by atoms with Gasteiger partial charge in [-0.1, -0.05) is 29.8 Å². The number of hydrogen-bond acceptors (Lipinski definition) is 5. The van der Waals surface area contributed by atoms with E-state index in [-0.39, 0.29) is 6.79 Å². The molecule has 1 heterocycles. The summed E-state index contributed by atoms with van der Waals surface area (Å²) in [5.74, 6) is 0.836. The van der Waals surface area contributed by atoms with E-state index < -0.39 is 0 Å². The van der Waals surface area contributed by atoms with Crippen LogP contribution in [0.5, 0.6) is 5.75 Å². The molecule has 0 aliphatic carbocycles. The van der Waals surface area contributed by atoms with Crippen molar-refractivity contribution in [2.75, 3.05) is 59.6 Å². The quantitative estimate of drug-likeness (QED) is 0.654. The van der Waals surface area contributed by atoms with Gasteiger partial charge in [-0.05, 0) is 42.4 Å². The van der Waals surface area contributed by atoms with Gasteiger partial charge >= 0.3 is 0 Å². The monoisotopic (exact) mass is 403 g/mol. The smallest absolute Gasteiger partial charge is 0.188 e. The van der Waals surface area contributed by atoms with Gasteiger partial charge in [0.15, 0.2) is 6.79 Å². The molecule has 6 heteroatoms. The maximum Gasteiger partial charge on any atom is 0.188 e. The molecular weight excluding hydrogens is 374 g/mol. The van der Waals surface area contributed by atoms with Crippen LogP contribution in [0.3, 0.4) is 0 Å². The van der Waals surface area contributed by atoms with E-state index in [4.69, 9.17) is 21.1 Å². The van der Waals surface area contributed by atoms with E-state index in [1.807, 2.05) is 32.3 Å². The van der Waals surface area contributed by atoms with Gasteiger partial charge in [-0.3, -0.25) is 4.90 Å². The lowest BCUT2D eigenvalue weighted by Gasteiger charge is -2.40. The summed E-state index contributed by atoms with van der Waals surface area (Å²) in [7, 11) is 7.89. The number of nitrogens with zero attached hydrogens (tertiary/aromatic N) is 3. The van der Waals surface area contributed by atoms with Crippen LogP contribution in [0.1, 0.15) is 17.2 Å². The van der Waals surface area contributed by atoms with Crippen molar-refractivity contribution in [1.29, 1.82) is 0 Å². The van der Waals surface area contributed by atoms with Crippen molar-refractivity contribution in [3.8, 4) is 5.75 Å². The number of hydrogen-bond donors (Lipinski definition) is 0. The molecule has 0 bridgehead atoms. The van der Waals surface area contributed by atoms with Crippen molar-refractivity contribution in [2.24, 2.45) is 0 Å². The molecule has 0 radical (unpaired) electrons. The minimum absolute atomic E-state index is 0.247. The number of halogens is 1. The topological polar surface area (TPSA) is 28.2 Å². The first-order valence-corrected chi connectivity index (χ1v) is 9.95. The van der Waals surface area contributed by atoms with Gasteiger partial charge in [0.05, 0.1) is 5.69 Å². The minimum atomic E-state index is 0.247. The van der Waals surface area contributed by atoms with Crippen LogP contribution >= 0.6 is 11.6 Å². The first kappa shape index (κ1) is 20.9. The van der Waals surface area contributed by atoms with Crippen LogP contribution in [0.15, 0.2) is 42.5 Å². The van der Waals surface area contributed by atoms with Gasteiger partial charge in [-0.2, -0.15) is 0 Å². The van der Waals surface area contributed by atoms with E-state index in [9.17, 15) is 0 Å². The van der Waals surface area contributed by atoms with Gasteiger partial charge in [-0.15, -0.1) is 0 Å². The Morgan fingerprint density at radius 1 is 1.11 bits per heavy atom. The number of anilines is 1. The molecule has 1 fully saturated rings. The fourth-order valence-electron chi connectivity index (χ4n) is 3.64. The van der Waals surface area contributed by atoms with Crippen LogP contribution < -0.4 is 9.64 Å². The van der Waals surface area contributed by atoms with Crippen LogP contribution in [0.2, 0.25) is 5.02 Å². The number of rotatable bonds is 7. The molecule has 3 rings (SSSR count). The van der Waals surface area contributed by atoms with Crippen molar-refractivity contribution in [3.63, 3.8) is 0 Å². The molecular formula is C22H30ClN3O2. The summed E-state index contributed by atoms with van der Waals surface area (Å²) >= 11 is 6.09. The zero-order chi connectivity index (χ0) is 20.1. The molecule has 0 N–H and O–H groups in total. The Hall–Kier alpha value is -1.79. The number of likely N-dealkylation sites (N-methyl/N-ethyl adjacent to an activating group) is 1. The molecule has 1 aliphatic heterocycles. The summed E-state index contributed by atoms with van der Waals surface area (Å²) in [6.07, 6.45) is 0. The molecule has 152 valence electrons. The van der Waals surface area contributed by atoms with Gasteiger partial charge in [0.2, 0.25) is 0 Å². The van der Waals surface area contributed by atoms with Crippen LogP contribution in [0.4, 0.5) is 5.69 Å². The second kappa shape index (κ2) is 9.61. The standard InChI is InChI=1S/C22H30ClN3O2/c1-24(2)20-13-17(5-10-22(20)28-16-27-4)14-26-12-11-25(3)15-21(26)18-6-8-19(23)9-7-18/h5-10,13,21H,11-12,14-16H2,1-4H3. The molecule has 1 unspecified atom stereocenters. The van der Waals surface area contributed by atoms with Crippen LogP contribution in [-0.4, -0.2) is 64.5 Å². The van der Waals surface area contributed by atoms with Crippen molar-refractivity contribution < 1.29 is 9.47 Å². The first-order chi connectivity index (χ1) is 13.5. The highest BCUT2D eigenvalue weighted by molar-refractivity contribution is 6.30. The fourth-order valence-corrected chi connectivity index (χ4v) is 3.76. The van der Waals surface area contributed by atoms with Crippen LogP contribution in [0.25, 0.3) is 0 Å². The Balaban J connectivity index is 1.81. The van der Waals surface area contributed by atoms with Gasteiger partial charge in [0, 0.05) is 58.4 Å². The van der Waals surface area contributed by atoms with Crippen LogP contribution in [-0.2, 0) is 11.3 Å². The van der Waals surface area contributed by atoms with Crippen molar-refractivity contribution in [1.82, 2.24) is 9.80 Å². The number of benzene rings is 2. The Bertz CT molecular complexity index is 767. The van der Waals surface area contributed by atoms with E-state index in [1.54, 1.807) is 7.11 Å². The minimum Gasteiger partial charge on any atom is -0.465 e. The van der Waals surface area contributed by atoms with Crippen molar-refractivity contribution >= 4 is 17.3 Å². The summed E-state index contributed by atoms with van der Waals surface area (Å²) < 4.78 is 10.8. The molecule has 2 aromatic carbocycles. The first-order valence-electron chi connectivity index (χ1n) is 9.58. The van der Waals surface area contributed by atoms with E-state index in [1.165, 1.54) is 11.1 Å². The lowest BCUT2D eigenvalue weighted by Crippen LogP contribution is -2.46.